The van der Waals surface area contributed by atoms with Gasteiger partial charge in [0.05, 0.1) is 5.69 Å². The first kappa shape index (κ1) is 15.7. The Morgan fingerprint density at radius 2 is 1.95 bits per heavy atom. The first-order chi connectivity index (χ1) is 9.28. The Hall–Kier alpha value is -0.710. The molecule has 0 bridgehead atoms. The number of aromatic nitrogens is 1. The molecule has 0 radical (unpaired) electrons. The van der Waals surface area contributed by atoms with Gasteiger partial charge in [-0.3, -0.25) is 0 Å². The van der Waals surface area contributed by atoms with Crippen LogP contribution in [-0.2, 0) is 6.54 Å². The smallest absolute Gasteiger partial charge is 0.125 e. The Bertz CT molecular complexity index is 574. The van der Waals surface area contributed by atoms with Crippen molar-refractivity contribution in [1.82, 2.24) is 10.3 Å². The monoisotopic (exact) mass is 308 g/mol. The molecule has 4 heteroatoms. The molecule has 20 heavy (non-hydrogen) atoms. The van der Waals surface area contributed by atoms with E-state index in [1.165, 1.54) is 21.7 Å². The summed E-state index contributed by atoms with van der Waals surface area (Å²) in [6.07, 6.45) is 0. The SMILES string of the molecule is Cc1cscc1-c1nc(C(C)C)c(CNC(C)(C)C)s1. The van der Waals surface area contributed by atoms with Crippen molar-refractivity contribution in [3.05, 3.63) is 26.9 Å². The van der Waals surface area contributed by atoms with E-state index in [2.05, 4.69) is 57.6 Å². The van der Waals surface area contributed by atoms with Crippen LogP contribution >= 0.6 is 22.7 Å². The lowest BCUT2D eigenvalue weighted by Gasteiger charge is -2.20. The van der Waals surface area contributed by atoms with Crippen molar-refractivity contribution in [2.45, 2.75) is 59.5 Å². The second-order valence-electron chi connectivity index (χ2n) is 6.55. The Kier molecular flexibility index (Phi) is 4.67. The van der Waals surface area contributed by atoms with Gasteiger partial charge < -0.3 is 5.32 Å². The zero-order valence-electron chi connectivity index (χ0n) is 13.2. The highest BCUT2D eigenvalue weighted by molar-refractivity contribution is 7.15. The summed E-state index contributed by atoms with van der Waals surface area (Å²) in [5.41, 5.74) is 4.00. The Labute approximate surface area is 130 Å². The van der Waals surface area contributed by atoms with Crippen LogP contribution in [0.5, 0.6) is 0 Å². The molecule has 0 unspecified atom stereocenters. The van der Waals surface area contributed by atoms with Crippen LogP contribution in [0.2, 0.25) is 0 Å². The molecule has 1 N–H and O–H groups in total. The molecule has 2 rings (SSSR count). The van der Waals surface area contributed by atoms with Crippen molar-refractivity contribution in [3.8, 4) is 10.6 Å². The van der Waals surface area contributed by atoms with Gasteiger partial charge in [-0.2, -0.15) is 11.3 Å². The molecule has 0 saturated carbocycles. The summed E-state index contributed by atoms with van der Waals surface area (Å²) in [6.45, 7) is 14.1. The van der Waals surface area contributed by atoms with E-state index < -0.39 is 0 Å². The van der Waals surface area contributed by atoms with E-state index in [4.69, 9.17) is 4.98 Å². The number of rotatable bonds is 4. The fourth-order valence-corrected chi connectivity index (χ4v) is 4.13. The molecule has 110 valence electrons. The van der Waals surface area contributed by atoms with Crippen molar-refractivity contribution >= 4 is 22.7 Å². The van der Waals surface area contributed by atoms with Crippen LogP contribution in [0, 0.1) is 6.92 Å². The average molecular weight is 309 g/mol. The van der Waals surface area contributed by atoms with E-state index in [0.29, 0.717) is 5.92 Å². The minimum atomic E-state index is 0.136. The molecule has 0 aliphatic rings. The number of aryl methyl sites for hydroxylation is 1. The van der Waals surface area contributed by atoms with Gasteiger partial charge in [0.25, 0.3) is 0 Å². The lowest BCUT2D eigenvalue weighted by atomic mass is 10.1. The predicted octanol–water partition coefficient (Wildman–Crippen LogP) is 5.19. The van der Waals surface area contributed by atoms with Crippen LogP contribution in [-0.4, -0.2) is 10.5 Å². The molecule has 0 aromatic carbocycles. The van der Waals surface area contributed by atoms with E-state index in [1.807, 2.05) is 11.3 Å². The summed E-state index contributed by atoms with van der Waals surface area (Å²) >= 11 is 3.59. The highest BCUT2D eigenvalue weighted by Crippen LogP contribution is 2.35. The molecule has 2 aromatic heterocycles. The fraction of sp³-hybridized carbons (Fsp3) is 0.562. The quantitative estimate of drug-likeness (QED) is 0.840. The standard InChI is InChI=1S/C16H24N2S2/c1-10(2)14-13(7-17-16(4,5)6)20-15(18-14)12-9-19-8-11(12)3/h8-10,17H,7H2,1-6H3. The van der Waals surface area contributed by atoms with Crippen molar-refractivity contribution in [2.24, 2.45) is 0 Å². The van der Waals surface area contributed by atoms with Gasteiger partial charge in [-0.15, -0.1) is 11.3 Å². The van der Waals surface area contributed by atoms with Gasteiger partial charge in [-0.1, -0.05) is 13.8 Å². The molecular formula is C16H24N2S2. The van der Waals surface area contributed by atoms with Gasteiger partial charge in [-0.05, 0) is 44.6 Å². The molecule has 0 fully saturated rings. The minimum Gasteiger partial charge on any atom is -0.307 e. The fourth-order valence-electron chi connectivity index (χ4n) is 1.98. The summed E-state index contributed by atoms with van der Waals surface area (Å²) < 4.78 is 0. The summed E-state index contributed by atoms with van der Waals surface area (Å²) in [5, 5.41) is 9.15. The third-order valence-electron chi connectivity index (χ3n) is 3.14. The third kappa shape index (κ3) is 3.68. The van der Waals surface area contributed by atoms with Gasteiger partial charge >= 0.3 is 0 Å². The van der Waals surface area contributed by atoms with Crippen molar-refractivity contribution in [1.29, 1.82) is 0 Å². The molecule has 2 aromatic rings. The highest BCUT2D eigenvalue weighted by Gasteiger charge is 2.18. The summed E-state index contributed by atoms with van der Waals surface area (Å²) in [6, 6.07) is 0. The number of thiophene rings is 1. The van der Waals surface area contributed by atoms with Crippen molar-refractivity contribution < 1.29 is 0 Å². The molecule has 2 heterocycles. The maximum Gasteiger partial charge on any atom is 0.125 e. The molecule has 0 spiro atoms. The summed E-state index contributed by atoms with van der Waals surface area (Å²) in [5.74, 6) is 0.468. The Balaban J connectivity index is 2.31. The van der Waals surface area contributed by atoms with Gasteiger partial charge in [0.2, 0.25) is 0 Å². The number of nitrogens with one attached hydrogen (secondary N) is 1. The van der Waals surface area contributed by atoms with E-state index in [-0.39, 0.29) is 5.54 Å². The van der Waals surface area contributed by atoms with E-state index in [1.54, 1.807) is 11.3 Å². The molecule has 2 nitrogen and oxygen atoms in total. The maximum absolute atomic E-state index is 4.90. The first-order valence-corrected chi connectivity index (χ1v) is 8.81. The molecule has 0 aliphatic heterocycles. The minimum absolute atomic E-state index is 0.136. The maximum atomic E-state index is 4.90. The molecule has 0 saturated heterocycles. The van der Waals surface area contributed by atoms with Crippen LogP contribution in [0.3, 0.4) is 0 Å². The number of thiazole rings is 1. The van der Waals surface area contributed by atoms with Crippen LogP contribution < -0.4 is 5.32 Å². The zero-order chi connectivity index (χ0) is 14.9. The van der Waals surface area contributed by atoms with Gasteiger partial charge in [-0.25, -0.2) is 4.98 Å². The summed E-state index contributed by atoms with van der Waals surface area (Å²) in [4.78, 5) is 6.27. The van der Waals surface area contributed by atoms with E-state index in [0.717, 1.165) is 11.6 Å². The van der Waals surface area contributed by atoms with E-state index in [9.17, 15) is 0 Å². The largest absolute Gasteiger partial charge is 0.307 e. The van der Waals surface area contributed by atoms with Crippen LogP contribution in [0.15, 0.2) is 10.8 Å². The molecule has 0 atom stereocenters. The van der Waals surface area contributed by atoms with Gasteiger partial charge in [0, 0.05) is 27.9 Å². The normalized spacial score (nSPS) is 12.3. The Morgan fingerprint density at radius 3 is 2.45 bits per heavy atom. The molecule has 0 amide bonds. The molecular weight excluding hydrogens is 284 g/mol. The number of hydrogen-bond donors (Lipinski definition) is 1. The predicted molar refractivity (Wildman–Crippen MR) is 90.8 cm³/mol. The Morgan fingerprint density at radius 1 is 1.25 bits per heavy atom. The lowest BCUT2D eigenvalue weighted by molar-refractivity contribution is 0.425. The number of hydrogen-bond acceptors (Lipinski definition) is 4. The first-order valence-electron chi connectivity index (χ1n) is 7.05. The zero-order valence-corrected chi connectivity index (χ0v) is 14.8. The topological polar surface area (TPSA) is 24.9 Å². The molecule has 0 aliphatic carbocycles. The number of nitrogens with zero attached hydrogens (tertiary/aromatic N) is 1. The van der Waals surface area contributed by atoms with Gasteiger partial charge in [0.15, 0.2) is 0 Å². The van der Waals surface area contributed by atoms with Crippen LogP contribution in [0.1, 0.15) is 56.7 Å². The van der Waals surface area contributed by atoms with Crippen LogP contribution in [0.25, 0.3) is 10.6 Å². The average Bonchev–Trinajstić information content (AvgIpc) is 2.91. The lowest BCUT2D eigenvalue weighted by Crippen LogP contribution is -2.35. The summed E-state index contributed by atoms with van der Waals surface area (Å²) in [7, 11) is 0. The third-order valence-corrected chi connectivity index (χ3v) is 5.11. The van der Waals surface area contributed by atoms with E-state index >= 15 is 0 Å². The second-order valence-corrected chi connectivity index (χ2v) is 8.38. The second kappa shape index (κ2) is 5.96. The van der Waals surface area contributed by atoms with Crippen LogP contribution in [0.4, 0.5) is 0 Å². The van der Waals surface area contributed by atoms with Gasteiger partial charge in [0.1, 0.15) is 5.01 Å². The highest BCUT2D eigenvalue weighted by atomic mass is 32.1. The van der Waals surface area contributed by atoms with Crippen molar-refractivity contribution in [2.75, 3.05) is 0 Å². The van der Waals surface area contributed by atoms with Crippen molar-refractivity contribution in [3.63, 3.8) is 0 Å².